The zero-order chi connectivity index (χ0) is 30.2. The Hall–Kier alpha value is -4.72. The van der Waals surface area contributed by atoms with Gasteiger partial charge in [0.1, 0.15) is 0 Å². The van der Waals surface area contributed by atoms with Gasteiger partial charge in [0.25, 0.3) is 0 Å². The van der Waals surface area contributed by atoms with Gasteiger partial charge in [-0.3, -0.25) is 0 Å². The molecule has 218 valence electrons. The lowest BCUT2D eigenvalue weighted by Gasteiger charge is -2.22. The molecule has 3 aromatic rings. The lowest BCUT2D eigenvalue weighted by atomic mass is 10.3. The average Bonchev–Trinajstić information content (AvgIpc) is 2.91. The third kappa shape index (κ3) is 8.63. The van der Waals surface area contributed by atoms with E-state index >= 15 is 0 Å². The van der Waals surface area contributed by atoms with Gasteiger partial charge in [0, 0.05) is 0 Å². The van der Waals surface area contributed by atoms with E-state index in [1.807, 2.05) is 0 Å². The molecule has 0 amide bonds. The van der Waals surface area contributed by atoms with Crippen LogP contribution in [-0.2, 0) is 4.57 Å². The van der Waals surface area contributed by atoms with E-state index in [0.717, 1.165) is 54.6 Å². The highest BCUT2D eigenvalue weighted by Crippen LogP contribution is 2.54. The van der Waals surface area contributed by atoms with Gasteiger partial charge < -0.3 is 27.8 Å². The molecule has 3 rings (SSSR count). The minimum absolute atomic E-state index is 0.786. The van der Waals surface area contributed by atoms with Crippen LogP contribution in [0.2, 0.25) is 0 Å². The molecule has 0 aliphatic heterocycles. The van der Waals surface area contributed by atoms with Crippen molar-refractivity contribution >= 4 is 7.82 Å². The van der Waals surface area contributed by atoms with Crippen molar-refractivity contribution in [1.29, 1.82) is 0 Å². The first-order valence-corrected chi connectivity index (χ1v) is 12.0. The van der Waals surface area contributed by atoms with Gasteiger partial charge in [0.05, 0.1) is 0 Å². The SMILES string of the molecule is O=P(Oc1ccccc1OC(F)=C(F)F)(Oc1ccccc1OC(F)=C(F)F)Oc1ccccc1OC(F)=C(F)F. The minimum Gasteiger partial charge on any atom is -0.424 e. The topological polar surface area (TPSA) is 72.5 Å². The maximum Gasteiger partial charge on any atom is 0.647 e. The first kappa shape index (κ1) is 30.8. The molecule has 3 aromatic carbocycles. The monoisotopic (exact) mass is 614 g/mol. The largest absolute Gasteiger partial charge is 0.647 e. The number of phosphoric ester groups is 1. The molecule has 17 heteroatoms. The van der Waals surface area contributed by atoms with Gasteiger partial charge in [-0.15, -0.1) is 0 Å². The molecule has 0 aliphatic carbocycles. The summed E-state index contributed by atoms with van der Waals surface area (Å²) in [6.45, 7) is 0. The van der Waals surface area contributed by atoms with E-state index in [1.165, 1.54) is 18.2 Å². The smallest absolute Gasteiger partial charge is 0.424 e. The van der Waals surface area contributed by atoms with Crippen molar-refractivity contribution in [1.82, 2.24) is 0 Å². The summed E-state index contributed by atoms with van der Waals surface area (Å²) in [7, 11) is -5.39. The number of phosphoric acid groups is 1. The zero-order valence-electron chi connectivity index (χ0n) is 19.6. The Labute approximate surface area is 223 Å². The molecule has 0 saturated heterocycles. The van der Waals surface area contributed by atoms with Gasteiger partial charge in [0.15, 0.2) is 34.5 Å². The summed E-state index contributed by atoms with van der Waals surface area (Å²) in [6.07, 6.45) is -8.63. The minimum atomic E-state index is -5.39. The van der Waals surface area contributed by atoms with Gasteiger partial charge in [-0.1, -0.05) is 36.4 Å². The highest BCUT2D eigenvalue weighted by atomic mass is 31.2. The van der Waals surface area contributed by atoms with Crippen LogP contribution in [0.5, 0.6) is 34.5 Å². The van der Waals surface area contributed by atoms with Crippen LogP contribution in [-0.4, -0.2) is 0 Å². The Balaban J connectivity index is 2.10. The summed E-state index contributed by atoms with van der Waals surface area (Å²) in [5, 5.41) is 0. The fraction of sp³-hybridized carbons (Fsp3) is 0. The van der Waals surface area contributed by atoms with E-state index < -0.39 is 78.6 Å². The Bertz CT molecular complexity index is 1350. The molecule has 0 spiro atoms. The molecule has 0 atom stereocenters. The van der Waals surface area contributed by atoms with Crippen LogP contribution >= 0.6 is 7.82 Å². The maximum atomic E-state index is 13.8. The Kier molecular flexibility index (Phi) is 10.2. The van der Waals surface area contributed by atoms with E-state index in [1.54, 1.807) is 0 Å². The third-order valence-electron chi connectivity index (χ3n) is 4.22. The molecule has 0 radical (unpaired) electrons. The normalized spacial score (nSPS) is 10.7. The Morgan fingerprint density at radius 2 is 0.634 bits per heavy atom. The van der Waals surface area contributed by atoms with Gasteiger partial charge in [-0.05, 0) is 36.4 Å². The highest BCUT2D eigenvalue weighted by Gasteiger charge is 2.37. The predicted molar refractivity (Wildman–Crippen MR) is 122 cm³/mol. The van der Waals surface area contributed by atoms with Crippen molar-refractivity contribution in [3.63, 3.8) is 0 Å². The molecule has 0 saturated carbocycles. The summed E-state index contributed by atoms with van der Waals surface area (Å²) in [5.74, 6) is -4.81. The second-order valence-corrected chi connectivity index (χ2v) is 8.41. The quantitative estimate of drug-likeness (QED) is 0.114. The van der Waals surface area contributed by atoms with Crippen molar-refractivity contribution in [2.45, 2.75) is 0 Å². The predicted octanol–water partition coefficient (Wildman–Crippen LogP) is 9.57. The number of hydrogen-bond acceptors (Lipinski definition) is 7. The fourth-order valence-electron chi connectivity index (χ4n) is 2.65. The highest BCUT2D eigenvalue weighted by molar-refractivity contribution is 7.49. The van der Waals surface area contributed by atoms with E-state index in [0.29, 0.717) is 0 Å². The molecule has 0 bridgehead atoms. The van der Waals surface area contributed by atoms with E-state index in [9.17, 15) is 44.1 Å². The van der Waals surface area contributed by atoms with Gasteiger partial charge in [-0.25, -0.2) is 0 Å². The summed E-state index contributed by atoms with van der Waals surface area (Å²) >= 11 is 0. The number of hydrogen-bond donors (Lipinski definition) is 0. The molecular weight excluding hydrogens is 602 g/mol. The lowest BCUT2D eigenvalue weighted by molar-refractivity contribution is 0.223. The zero-order valence-corrected chi connectivity index (χ0v) is 20.5. The average molecular weight is 614 g/mol. The molecule has 0 unspecified atom stereocenters. The number of benzene rings is 3. The van der Waals surface area contributed by atoms with Crippen molar-refractivity contribution < 1.29 is 71.9 Å². The van der Waals surface area contributed by atoms with Crippen molar-refractivity contribution in [2.75, 3.05) is 0 Å². The maximum absolute atomic E-state index is 13.8. The van der Waals surface area contributed by atoms with Gasteiger partial charge in [-0.2, -0.15) is 44.1 Å². The van der Waals surface area contributed by atoms with E-state index in [2.05, 4.69) is 14.2 Å². The molecule has 7 nitrogen and oxygen atoms in total. The molecule has 41 heavy (non-hydrogen) atoms. The summed E-state index contributed by atoms with van der Waals surface area (Å²) in [5.41, 5.74) is 0. The van der Waals surface area contributed by atoms with Crippen molar-refractivity contribution in [2.24, 2.45) is 0 Å². The van der Waals surface area contributed by atoms with Gasteiger partial charge in [0.2, 0.25) is 0 Å². The van der Waals surface area contributed by atoms with E-state index in [-0.39, 0.29) is 0 Å². The summed E-state index contributed by atoms with van der Waals surface area (Å²) < 4.78 is 158. The van der Waals surface area contributed by atoms with Crippen LogP contribution in [0.25, 0.3) is 0 Å². The van der Waals surface area contributed by atoms with Crippen molar-refractivity contribution in [3.8, 4) is 34.5 Å². The molecule has 0 aliphatic rings. The number of halogens is 9. The van der Waals surface area contributed by atoms with Gasteiger partial charge >= 0.3 is 44.1 Å². The van der Waals surface area contributed by atoms with Crippen LogP contribution in [0.3, 0.4) is 0 Å². The first-order valence-electron chi connectivity index (χ1n) is 10.5. The second kappa shape index (κ2) is 13.6. The van der Waals surface area contributed by atoms with E-state index in [4.69, 9.17) is 13.6 Å². The van der Waals surface area contributed by atoms with Crippen LogP contribution in [0.4, 0.5) is 39.5 Å². The molecular formula is C24H12F9O7P. The Morgan fingerprint density at radius 3 is 0.854 bits per heavy atom. The van der Waals surface area contributed by atoms with Crippen LogP contribution in [0, 0.1) is 0 Å². The third-order valence-corrected chi connectivity index (χ3v) is 5.48. The van der Waals surface area contributed by atoms with Crippen molar-refractivity contribution in [3.05, 3.63) is 109 Å². The molecule has 0 aromatic heterocycles. The second-order valence-electron chi connectivity index (χ2n) is 6.97. The standard InChI is InChI=1S/C24H12F9O7P/c25-19(26)22(31)35-13-7-1-4-10-16(13)38-41(34,39-17-11-5-2-8-14(17)36-23(32)20(27)28)40-18-12-6-3-9-15(18)37-24(33)21(29)30/h1-12H. The molecule has 0 fully saturated rings. The number of rotatable bonds is 12. The lowest BCUT2D eigenvalue weighted by Crippen LogP contribution is -2.10. The summed E-state index contributed by atoms with van der Waals surface area (Å²) in [4.78, 5) is 0. The van der Waals surface area contributed by atoms with Crippen LogP contribution in [0.15, 0.2) is 109 Å². The molecule has 0 heterocycles. The van der Waals surface area contributed by atoms with Crippen LogP contribution < -0.4 is 27.8 Å². The number of para-hydroxylation sites is 6. The summed E-state index contributed by atoms with van der Waals surface area (Å²) in [6, 6.07) is 5.22. The molecule has 0 N–H and O–H groups in total. The number of ether oxygens (including phenoxy) is 3. The Morgan fingerprint density at radius 1 is 0.415 bits per heavy atom. The first-order chi connectivity index (χ1) is 19.4. The van der Waals surface area contributed by atoms with Crippen LogP contribution in [0.1, 0.15) is 0 Å². The fourth-order valence-corrected chi connectivity index (χ4v) is 3.94.